The molecular formula is C16H24N2O4. The van der Waals surface area contributed by atoms with Gasteiger partial charge in [-0.05, 0) is 24.3 Å². The van der Waals surface area contributed by atoms with Crippen molar-refractivity contribution in [3.63, 3.8) is 0 Å². The van der Waals surface area contributed by atoms with Crippen molar-refractivity contribution in [3.05, 3.63) is 35.8 Å². The van der Waals surface area contributed by atoms with Gasteiger partial charge in [-0.15, -0.1) is 0 Å². The average Bonchev–Trinajstić information content (AvgIpc) is 2.59. The Morgan fingerprint density at radius 3 is 2.41 bits per heavy atom. The Labute approximate surface area is 137 Å². The maximum atomic E-state index is 12.1. The highest BCUT2D eigenvalue weighted by molar-refractivity contribution is 5.86. The Bertz CT molecular complexity index is 700. The van der Waals surface area contributed by atoms with Gasteiger partial charge in [-0.1, -0.05) is 44.1 Å². The van der Waals surface area contributed by atoms with Crippen molar-refractivity contribution < 1.29 is 26.7 Å². The third-order valence-electron chi connectivity index (χ3n) is 2.99. The lowest BCUT2D eigenvalue weighted by molar-refractivity contribution is -0.144. The second-order valence-electron chi connectivity index (χ2n) is 5.45. The van der Waals surface area contributed by atoms with Gasteiger partial charge in [-0.2, -0.15) is 0 Å². The van der Waals surface area contributed by atoms with E-state index in [1.165, 1.54) is 0 Å². The zero-order valence-corrected chi connectivity index (χ0v) is 12.5. The number of nitrogens with one attached hydrogen (secondary N) is 1. The summed E-state index contributed by atoms with van der Waals surface area (Å²) in [6.45, 7) is 3.56. The number of carboxylic acid groups (broad SMARTS) is 1. The fourth-order valence-electron chi connectivity index (χ4n) is 1.87. The molecule has 1 amide bonds. The van der Waals surface area contributed by atoms with Gasteiger partial charge in [-0.25, -0.2) is 4.79 Å². The molecule has 0 unspecified atom stereocenters. The van der Waals surface area contributed by atoms with Crippen LogP contribution in [0.4, 0.5) is 0 Å². The van der Waals surface area contributed by atoms with Crippen LogP contribution in [0.3, 0.4) is 0 Å². The molecule has 0 aliphatic heterocycles. The highest BCUT2D eigenvalue weighted by Crippen LogP contribution is 2.08. The minimum absolute atomic E-state index is 0.0108. The summed E-state index contributed by atoms with van der Waals surface area (Å²) in [5.74, 6) is -2.25. The van der Waals surface area contributed by atoms with Gasteiger partial charge >= 0.3 is 5.97 Å². The minimum Gasteiger partial charge on any atom is -0.480 e. The van der Waals surface area contributed by atoms with Gasteiger partial charge in [0.1, 0.15) is 12.1 Å². The highest BCUT2D eigenvalue weighted by atomic mass is 16.4. The van der Waals surface area contributed by atoms with E-state index in [4.69, 9.17) is 17.7 Å². The van der Waals surface area contributed by atoms with Crippen molar-refractivity contribution in [2.24, 2.45) is 11.7 Å². The van der Waals surface area contributed by atoms with E-state index in [0.717, 1.165) is 0 Å². The Kier molecular flexibility index (Phi) is 4.49. The van der Waals surface area contributed by atoms with E-state index in [2.05, 4.69) is 5.32 Å². The first-order valence-electron chi connectivity index (χ1n) is 9.41. The summed E-state index contributed by atoms with van der Waals surface area (Å²) in [5.41, 5.74) is 5.66. The molecule has 1 aromatic carbocycles. The number of hydrogen-bond acceptors (Lipinski definition) is 4. The van der Waals surface area contributed by atoms with Crippen molar-refractivity contribution >= 4 is 11.9 Å². The lowest BCUT2D eigenvalue weighted by Crippen LogP contribution is -2.52. The zero-order chi connectivity index (χ0) is 21.0. The Balaban J connectivity index is 2.96. The third-order valence-corrected chi connectivity index (χ3v) is 2.99. The lowest BCUT2D eigenvalue weighted by atomic mass is 10.00. The number of rotatable bonds is 8. The number of hydrogen-bond donors (Lipinski definition) is 4. The maximum absolute atomic E-state index is 12.1. The summed E-state index contributed by atoms with van der Waals surface area (Å²) in [5, 5.41) is 21.5. The molecule has 0 aliphatic rings. The summed E-state index contributed by atoms with van der Waals surface area (Å²) in [7, 11) is 0. The van der Waals surface area contributed by atoms with E-state index >= 15 is 0 Å². The van der Waals surface area contributed by atoms with Gasteiger partial charge in [0.25, 0.3) is 5.91 Å². The van der Waals surface area contributed by atoms with E-state index in [1.807, 2.05) is 0 Å². The topological polar surface area (TPSA) is 113 Å². The molecule has 6 nitrogen and oxygen atoms in total. The predicted molar refractivity (Wildman–Crippen MR) is 83.1 cm³/mol. The van der Waals surface area contributed by atoms with E-state index in [1.54, 1.807) is 13.8 Å². The van der Waals surface area contributed by atoms with E-state index in [0.29, 0.717) is 0 Å². The van der Waals surface area contributed by atoms with Crippen molar-refractivity contribution in [2.75, 3.05) is 0 Å². The van der Waals surface area contributed by atoms with Crippen LogP contribution in [0.25, 0.3) is 0 Å². The molecule has 22 heavy (non-hydrogen) atoms. The molecule has 0 saturated carbocycles. The van der Waals surface area contributed by atoms with Gasteiger partial charge in [0.15, 0.2) is 0 Å². The average molecular weight is 313 g/mol. The number of carbonyl (C=O) groups excluding carboxylic acids is 1. The summed E-state index contributed by atoms with van der Waals surface area (Å²) in [4.78, 5) is 23.3. The van der Waals surface area contributed by atoms with E-state index in [-0.39, 0.29) is 24.3 Å². The van der Waals surface area contributed by atoms with E-state index in [9.17, 15) is 14.7 Å². The number of amides is 1. The van der Waals surface area contributed by atoms with Crippen LogP contribution in [0.5, 0.6) is 0 Å². The second-order valence-corrected chi connectivity index (χ2v) is 5.45. The quantitative estimate of drug-likeness (QED) is 0.559. The fourth-order valence-corrected chi connectivity index (χ4v) is 1.87. The van der Waals surface area contributed by atoms with Gasteiger partial charge in [0.2, 0.25) is 0 Å². The smallest absolute Gasteiger partial charge is 0.326 e. The summed E-state index contributed by atoms with van der Waals surface area (Å²) < 4.78 is 38.5. The standard InChI is InChI=1S/C16H24N2O4/c1-10(2)8-13(16(21)22)18-15(20)14(19)12(17)9-11-6-4-3-5-7-11/h3-7,10,12-14,19H,8-9,17H2,1-2H3,(H,18,20)(H,21,22)/t12-,13+,14+/m1/s1/i3D,4D,5D,6D,7D. The van der Waals surface area contributed by atoms with Gasteiger partial charge in [-0.3, -0.25) is 4.79 Å². The molecule has 0 aromatic heterocycles. The first-order valence-corrected chi connectivity index (χ1v) is 6.91. The molecule has 0 fully saturated rings. The third kappa shape index (κ3) is 5.83. The van der Waals surface area contributed by atoms with Crippen LogP contribution in [-0.4, -0.2) is 40.3 Å². The highest BCUT2D eigenvalue weighted by Gasteiger charge is 2.28. The molecule has 1 rings (SSSR count). The number of benzene rings is 1. The molecule has 3 atom stereocenters. The zero-order valence-electron chi connectivity index (χ0n) is 17.5. The summed E-state index contributed by atoms with van der Waals surface area (Å²) in [6, 6.07) is -5.06. The molecule has 1 aromatic rings. The Hall–Kier alpha value is -1.92. The van der Waals surface area contributed by atoms with Gasteiger partial charge < -0.3 is 21.3 Å². The molecule has 0 bridgehead atoms. The molecule has 0 radical (unpaired) electrons. The first kappa shape index (κ1) is 11.6. The van der Waals surface area contributed by atoms with Crippen LogP contribution >= 0.6 is 0 Å². The van der Waals surface area contributed by atoms with Gasteiger partial charge in [0, 0.05) is 6.04 Å². The maximum Gasteiger partial charge on any atom is 0.326 e. The molecule has 0 saturated heterocycles. The van der Waals surface area contributed by atoms with Gasteiger partial charge in [0.05, 0.1) is 6.85 Å². The van der Waals surface area contributed by atoms with Crippen molar-refractivity contribution in [1.82, 2.24) is 5.32 Å². The molecule has 6 heteroatoms. The molecular weight excluding hydrogens is 284 g/mol. The Morgan fingerprint density at radius 2 is 1.91 bits per heavy atom. The fraction of sp³-hybridized carbons (Fsp3) is 0.500. The van der Waals surface area contributed by atoms with Crippen LogP contribution in [-0.2, 0) is 16.0 Å². The number of aliphatic carboxylic acids is 1. The number of aliphatic hydroxyl groups excluding tert-OH is 1. The number of carboxylic acids is 1. The SMILES string of the molecule is [2H]c1c([2H])c([2H])c(C[C@@H](N)[C@H](O)C(=O)N[C@@H](CC(C)C)C(=O)O)c([2H])c1[2H]. The number of aliphatic hydroxyl groups is 1. The van der Waals surface area contributed by atoms with Crippen LogP contribution < -0.4 is 11.1 Å². The Morgan fingerprint density at radius 1 is 1.32 bits per heavy atom. The first-order chi connectivity index (χ1) is 12.4. The second kappa shape index (κ2) is 8.51. The monoisotopic (exact) mass is 313 g/mol. The summed E-state index contributed by atoms with van der Waals surface area (Å²) in [6.07, 6.45) is -2.00. The van der Waals surface area contributed by atoms with Crippen molar-refractivity contribution in [1.29, 1.82) is 0 Å². The molecule has 122 valence electrons. The number of carbonyl (C=O) groups is 2. The lowest BCUT2D eigenvalue weighted by Gasteiger charge is -2.22. The van der Waals surface area contributed by atoms with Crippen LogP contribution in [0.2, 0.25) is 0 Å². The van der Waals surface area contributed by atoms with Crippen molar-refractivity contribution in [3.8, 4) is 0 Å². The molecule has 0 spiro atoms. The molecule has 5 N–H and O–H groups in total. The van der Waals surface area contributed by atoms with Crippen LogP contribution in [0, 0.1) is 5.92 Å². The summed E-state index contributed by atoms with van der Waals surface area (Å²) >= 11 is 0. The predicted octanol–water partition coefficient (Wildman–Crippen LogP) is 0.533. The molecule has 0 aliphatic carbocycles. The largest absolute Gasteiger partial charge is 0.480 e. The minimum atomic E-state index is -1.81. The normalized spacial score (nSPS) is 18.3. The number of nitrogens with two attached hydrogens (primary N) is 1. The molecule has 0 heterocycles. The van der Waals surface area contributed by atoms with E-state index < -0.39 is 60.3 Å². The van der Waals surface area contributed by atoms with Crippen LogP contribution in [0.1, 0.15) is 32.7 Å². The van der Waals surface area contributed by atoms with Crippen LogP contribution in [0.15, 0.2) is 30.2 Å². The van der Waals surface area contributed by atoms with Crippen molar-refractivity contribution in [2.45, 2.75) is 44.9 Å².